The third-order valence-corrected chi connectivity index (χ3v) is 3.96. The summed E-state index contributed by atoms with van der Waals surface area (Å²) in [6, 6.07) is 1.75. The van der Waals surface area contributed by atoms with E-state index >= 15 is 0 Å². The number of carboxylic acid groups (broad SMARTS) is 2. The summed E-state index contributed by atoms with van der Waals surface area (Å²) in [5.74, 6) is -1.70. The van der Waals surface area contributed by atoms with Gasteiger partial charge in [0.15, 0.2) is 5.41 Å². The second kappa shape index (κ2) is 37.1. The highest BCUT2D eigenvalue weighted by Gasteiger charge is 2.42. The van der Waals surface area contributed by atoms with Crippen molar-refractivity contribution < 1.29 is 49.4 Å². The minimum Gasteiger partial charge on any atom is -0.480 e. The molecule has 1 fully saturated rings. The number of carbonyl (C=O) groups excluding carboxylic acids is 1. The van der Waals surface area contributed by atoms with Crippen LogP contribution >= 0.6 is 0 Å². The Hall–Kier alpha value is -2.10. The quantitative estimate of drug-likeness (QED) is 0.272. The number of ketones is 1. The summed E-state index contributed by atoms with van der Waals surface area (Å²) in [5.41, 5.74) is -1.58. The molecule has 0 radical (unpaired) electrons. The summed E-state index contributed by atoms with van der Waals surface area (Å²) >= 11 is 0. The van der Waals surface area contributed by atoms with Crippen molar-refractivity contribution in [2.45, 2.75) is 107 Å². The highest BCUT2D eigenvalue weighted by atomic mass is 16.5. The van der Waals surface area contributed by atoms with Crippen molar-refractivity contribution in [3.05, 3.63) is 0 Å². The molecular weight excluding hydrogens is 498 g/mol. The van der Waals surface area contributed by atoms with Gasteiger partial charge in [0, 0.05) is 46.9 Å². The van der Waals surface area contributed by atoms with Crippen LogP contribution in [0.5, 0.6) is 0 Å². The number of aliphatic hydroxyl groups is 3. The first kappa shape index (κ1) is 48.9. The predicted octanol–water partition coefficient (Wildman–Crippen LogP) is 3.92. The fourth-order valence-electron chi connectivity index (χ4n) is 2.27. The lowest BCUT2D eigenvalue weighted by molar-refractivity contribution is -0.165. The lowest BCUT2D eigenvalue weighted by atomic mass is 9.83. The third kappa shape index (κ3) is 47.1. The van der Waals surface area contributed by atoms with E-state index < -0.39 is 17.4 Å². The highest BCUT2D eigenvalue weighted by molar-refractivity contribution is 5.98. The summed E-state index contributed by atoms with van der Waals surface area (Å²) in [5, 5.41) is 48.0. The van der Waals surface area contributed by atoms with Crippen molar-refractivity contribution in [2.24, 2.45) is 11.3 Å². The molecule has 0 aromatic carbocycles. The van der Waals surface area contributed by atoms with Crippen LogP contribution in [0.3, 0.4) is 0 Å². The number of aliphatic hydroxyl groups excluding tert-OH is 3. The molecule has 0 bridgehead atoms. The molecule has 11 heteroatoms. The lowest BCUT2D eigenvalue weighted by Crippen LogP contribution is -2.38. The van der Waals surface area contributed by atoms with Crippen molar-refractivity contribution in [2.75, 3.05) is 34.0 Å². The predicted molar refractivity (Wildman–Crippen MR) is 149 cm³/mol. The fraction of sp³-hybridized carbons (Fsp3) is 0.852. The number of ether oxygens (including phenoxy) is 2. The van der Waals surface area contributed by atoms with Crippen LogP contribution in [0.25, 0.3) is 0 Å². The number of nitrogens with zero attached hydrogens (tertiary/aromatic N) is 1. The standard InChI is InChI=1S/C7H12O4.C6H12O.C4H10O2.C4H8O.C3H8O.C2H3N.CH4O/c1-3-7(4-2,5(8)9)6(10)11;1-5(2)4-6(3)7;1-4(5)3-6-2;1-2-4-5-3-1;1-3(2)4;1-2-3;1-2/h3-4H2,1-2H3,(H,8,9)(H,10,11);5H,4H2,1-3H3;4-5H,3H2,1-2H3;1-4H2;3-4H,1-2H3;1H3;2H,1H3. The van der Waals surface area contributed by atoms with E-state index in [2.05, 4.69) is 4.74 Å². The lowest BCUT2D eigenvalue weighted by Gasteiger charge is -2.20. The van der Waals surface area contributed by atoms with Crippen LogP contribution in [0.2, 0.25) is 0 Å². The monoisotopic (exact) mass is 555 g/mol. The van der Waals surface area contributed by atoms with Gasteiger partial charge in [0.25, 0.3) is 0 Å². The zero-order valence-electron chi connectivity index (χ0n) is 25.6. The summed E-state index contributed by atoms with van der Waals surface area (Å²) in [6.07, 6.45) is 3.03. The molecule has 1 heterocycles. The van der Waals surface area contributed by atoms with Gasteiger partial charge in [-0.05, 0) is 59.3 Å². The first-order valence-electron chi connectivity index (χ1n) is 12.7. The van der Waals surface area contributed by atoms with Gasteiger partial charge >= 0.3 is 11.9 Å². The van der Waals surface area contributed by atoms with Crippen LogP contribution in [0.15, 0.2) is 0 Å². The van der Waals surface area contributed by atoms with E-state index in [1.165, 1.54) is 19.8 Å². The summed E-state index contributed by atoms with van der Waals surface area (Å²) < 4.78 is 9.50. The van der Waals surface area contributed by atoms with Gasteiger partial charge in [-0.25, -0.2) is 0 Å². The summed E-state index contributed by atoms with van der Waals surface area (Å²) in [6.45, 7) is 17.8. The summed E-state index contributed by atoms with van der Waals surface area (Å²) in [7, 11) is 2.56. The first-order valence-corrected chi connectivity index (χ1v) is 12.7. The molecule has 1 aliphatic rings. The Morgan fingerprint density at radius 1 is 0.947 bits per heavy atom. The number of methoxy groups -OCH3 is 1. The Bertz CT molecular complexity index is 524. The van der Waals surface area contributed by atoms with Crippen molar-refractivity contribution in [1.82, 2.24) is 0 Å². The number of hydrogen-bond acceptors (Lipinski definition) is 9. The Morgan fingerprint density at radius 2 is 1.26 bits per heavy atom. The van der Waals surface area contributed by atoms with E-state index in [1.807, 2.05) is 13.8 Å². The first-order chi connectivity index (χ1) is 17.6. The molecule has 0 spiro atoms. The SMILES string of the molecule is C1CCOC1.CC#N.CC(=O)CC(C)C.CC(C)O.CCC(CC)(C(=O)O)C(=O)O.CO.COCC(C)O. The van der Waals surface area contributed by atoms with Crippen molar-refractivity contribution in [3.8, 4) is 6.07 Å². The normalized spacial score (nSPS) is 11.8. The maximum atomic E-state index is 10.5. The molecule has 5 N–H and O–H groups in total. The van der Waals surface area contributed by atoms with Gasteiger partial charge < -0.3 is 39.8 Å². The Morgan fingerprint density at radius 3 is 1.29 bits per heavy atom. The van der Waals surface area contributed by atoms with Gasteiger partial charge in [-0.1, -0.05) is 27.7 Å². The molecule has 38 heavy (non-hydrogen) atoms. The van der Waals surface area contributed by atoms with Gasteiger partial charge in [0.05, 0.1) is 18.8 Å². The van der Waals surface area contributed by atoms with E-state index in [4.69, 9.17) is 35.5 Å². The molecule has 1 unspecified atom stereocenters. The molecule has 230 valence electrons. The van der Waals surface area contributed by atoms with Gasteiger partial charge in [0.2, 0.25) is 0 Å². The number of carbonyl (C=O) groups is 3. The van der Waals surface area contributed by atoms with Crippen LogP contribution in [0, 0.1) is 22.7 Å². The number of aliphatic carboxylic acids is 2. The number of Topliss-reactive ketones (excluding diaryl/α,β-unsaturated/α-hetero) is 1. The zero-order valence-corrected chi connectivity index (χ0v) is 25.6. The number of carboxylic acids is 2. The van der Waals surface area contributed by atoms with Crippen molar-refractivity contribution in [3.63, 3.8) is 0 Å². The molecule has 0 saturated carbocycles. The molecular formula is C27H57NO10. The minimum absolute atomic E-state index is 0.119. The molecule has 11 nitrogen and oxygen atoms in total. The smallest absolute Gasteiger partial charge is 0.321 e. The topological polar surface area (TPSA) is 195 Å². The number of rotatable bonds is 8. The van der Waals surface area contributed by atoms with Crippen LogP contribution < -0.4 is 0 Å². The zero-order chi connectivity index (χ0) is 31.7. The van der Waals surface area contributed by atoms with Crippen molar-refractivity contribution in [1.29, 1.82) is 5.26 Å². The van der Waals surface area contributed by atoms with Crippen LogP contribution in [0.4, 0.5) is 0 Å². The molecule has 0 amide bonds. The van der Waals surface area contributed by atoms with Crippen LogP contribution in [-0.2, 0) is 23.9 Å². The Balaban J connectivity index is -0.0000000836. The molecule has 1 rings (SSSR count). The van der Waals surface area contributed by atoms with E-state index in [9.17, 15) is 14.4 Å². The van der Waals surface area contributed by atoms with Gasteiger partial charge in [-0.2, -0.15) is 5.26 Å². The highest BCUT2D eigenvalue weighted by Crippen LogP contribution is 2.26. The van der Waals surface area contributed by atoms with Crippen LogP contribution in [-0.4, -0.2) is 89.5 Å². The van der Waals surface area contributed by atoms with Gasteiger partial charge in [0.1, 0.15) is 5.78 Å². The molecule has 1 aliphatic heterocycles. The molecule has 0 aromatic heterocycles. The number of hydrogen-bond donors (Lipinski definition) is 5. The number of nitriles is 1. The van der Waals surface area contributed by atoms with Crippen LogP contribution in [0.1, 0.15) is 94.4 Å². The van der Waals surface area contributed by atoms with E-state index in [0.717, 1.165) is 26.7 Å². The van der Waals surface area contributed by atoms with Crippen molar-refractivity contribution >= 4 is 17.7 Å². The average Bonchev–Trinajstić information content (AvgIpc) is 3.36. The fourth-order valence-corrected chi connectivity index (χ4v) is 2.27. The summed E-state index contributed by atoms with van der Waals surface area (Å²) in [4.78, 5) is 31.3. The molecule has 0 aliphatic carbocycles. The maximum Gasteiger partial charge on any atom is 0.321 e. The Kier molecular flexibility index (Phi) is 47.7. The minimum atomic E-state index is -1.58. The average molecular weight is 556 g/mol. The largest absolute Gasteiger partial charge is 0.480 e. The van der Waals surface area contributed by atoms with Gasteiger partial charge in [-0.15, -0.1) is 0 Å². The van der Waals surface area contributed by atoms with Gasteiger partial charge in [-0.3, -0.25) is 9.59 Å². The third-order valence-electron chi connectivity index (χ3n) is 3.96. The van der Waals surface area contributed by atoms with E-state index in [1.54, 1.807) is 54.7 Å². The molecule has 0 aromatic rings. The maximum absolute atomic E-state index is 10.5. The second-order valence-corrected chi connectivity index (χ2v) is 8.64. The van der Waals surface area contributed by atoms with E-state index in [-0.39, 0.29) is 30.8 Å². The molecule has 1 atom stereocenters. The Labute approximate surface area is 230 Å². The molecule has 1 saturated heterocycles. The van der Waals surface area contributed by atoms with E-state index in [0.29, 0.717) is 12.5 Å². The second-order valence-electron chi connectivity index (χ2n) is 8.64.